The number of Topliss-reactive ketones (excluding diaryl/α,β-unsaturated/α-hetero) is 1. The Kier molecular flexibility index (Phi) is 4.88. The van der Waals surface area contributed by atoms with Crippen molar-refractivity contribution in [2.45, 2.75) is 39.1 Å². The van der Waals surface area contributed by atoms with Crippen molar-refractivity contribution in [1.29, 1.82) is 0 Å². The normalized spacial score (nSPS) is 21.7. The first-order chi connectivity index (χ1) is 8.79. The van der Waals surface area contributed by atoms with Gasteiger partial charge in [-0.05, 0) is 12.8 Å². The molecule has 0 aliphatic carbocycles. The zero-order valence-electron chi connectivity index (χ0n) is 11.6. The van der Waals surface area contributed by atoms with Crippen molar-refractivity contribution in [2.75, 3.05) is 17.3 Å². The Morgan fingerprint density at radius 1 is 1.15 bits per heavy atom. The van der Waals surface area contributed by atoms with Gasteiger partial charge in [-0.15, -0.1) is 10.3 Å². The Morgan fingerprint density at radius 3 is 1.95 bits per heavy atom. The first-order valence-electron chi connectivity index (χ1n) is 6.11. The lowest BCUT2D eigenvalue weighted by Gasteiger charge is -2.35. The standard InChI is InChI=1S/C11H19F3O4S2/c1-10(2,3)9(15)8-19(6-4-5-7-19)18-20(16,17)11(12,13)14/h4-8H2,1-3H3. The second-order valence-electron chi connectivity index (χ2n) is 5.87. The van der Waals surface area contributed by atoms with E-state index in [-0.39, 0.29) is 23.0 Å². The summed E-state index contributed by atoms with van der Waals surface area (Å²) in [6.07, 6.45) is 1.17. The summed E-state index contributed by atoms with van der Waals surface area (Å²) in [6.45, 7) is 4.95. The maximum absolute atomic E-state index is 12.4. The van der Waals surface area contributed by atoms with Crippen LogP contribution in [0.25, 0.3) is 0 Å². The van der Waals surface area contributed by atoms with E-state index in [1.54, 1.807) is 20.8 Å². The molecule has 0 bridgehead atoms. The van der Waals surface area contributed by atoms with Crippen molar-refractivity contribution in [3.8, 4) is 0 Å². The highest BCUT2D eigenvalue weighted by Gasteiger charge is 2.52. The Morgan fingerprint density at radius 2 is 1.60 bits per heavy atom. The van der Waals surface area contributed by atoms with Gasteiger partial charge in [-0.1, -0.05) is 20.8 Å². The third-order valence-electron chi connectivity index (χ3n) is 3.03. The minimum absolute atomic E-state index is 0.226. The molecule has 1 fully saturated rings. The molecule has 0 saturated carbocycles. The summed E-state index contributed by atoms with van der Waals surface area (Å²) in [4.78, 5) is 12.0. The number of rotatable bonds is 4. The van der Waals surface area contributed by atoms with Crippen molar-refractivity contribution >= 4 is 26.2 Å². The van der Waals surface area contributed by atoms with Crippen LogP contribution in [0.4, 0.5) is 13.2 Å². The predicted molar refractivity (Wildman–Crippen MR) is 71.9 cm³/mol. The van der Waals surface area contributed by atoms with Gasteiger partial charge in [-0.2, -0.15) is 21.6 Å². The second kappa shape index (κ2) is 5.49. The highest BCUT2D eigenvalue weighted by Crippen LogP contribution is 2.58. The molecule has 0 spiro atoms. The summed E-state index contributed by atoms with van der Waals surface area (Å²) >= 11 is 0. The summed E-state index contributed by atoms with van der Waals surface area (Å²) in [7, 11) is -8.19. The lowest BCUT2D eigenvalue weighted by Crippen LogP contribution is -2.33. The van der Waals surface area contributed by atoms with Gasteiger partial charge >= 0.3 is 15.6 Å². The van der Waals surface area contributed by atoms with Gasteiger partial charge in [0, 0.05) is 16.9 Å². The van der Waals surface area contributed by atoms with Gasteiger partial charge in [0.15, 0.2) is 0 Å². The molecule has 1 heterocycles. The average molecular weight is 336 g/mol. The zero-order chi connectivity index (χ0) is 15.8. The van der Waals surface area contributed by atoms with E-state index in [1.165, 1.54) is 0 Å². The van der Waals surface area contributed by atoms with Crippen molar-refractivity contribution < 1.29 is 30.0 Å². The van der Waals surface area contributed by atoms with Crippen LogP contribution in [-0.4, -0.2) is 37.0 Å². The monoisotopic (exact) mass is 336 g/mol. The highest BCUT2D eigenvalue weighted by atomic mass is 32.3. The smallest absolute Gasteiger partial charge is 0.298 e. The van der Waals surface area contributed by atoms with Crippen LogP contribution in [0.15, 0.2) is 0 Å². The first kappa shape index (κ1) is 17.8. The molecule has 0 amide bonds. The van der Waals surface area contributed by atoms with E-state index in [0.29, 0.717) is 12.8 Å². The van der Waals surface area contributed by atoms with Crippen LogP contribution in [-0.2, 0) is 18.5 Å². The third-order valence-corrected chi connectivity index (χ3v) is 8.32. The summed E-state index contributed by atoms with van der Waals surface area (Å²) in [5.41, 5.74) is -6.17. The average Bonchev–Trinajstić information content (AvgIpc) is 2.62. The Labute approximate surface area is 118 Å². The molecule has 9 heteroatoms. The fourth-order valence-corrected chi connectivity index (χ4v) is 7.18. The lowest BCUT2D eigenvalue weighted by molar-refractivity contribution is -0.123. The highest BCUT2D eigenvalue weighted by molar-refractivity contribution is 8.33. The number of hydrogen-bond donors (Lipinski definition) is 0. The minimum atomic E-state index is -5.65. The first-order valence-corrected chi connectivity index (χ1v) is 9.59. The van der Waals surface area contributed by atoms with Gasteiger partial charge in [0.1, 0.15) is 5.78 Å². The molecule has 4 nitrogen and oxygen atoms in total. The van der Waals surface area contributed by atoms with E-state index in [1.807, 2.05) is 0 Å². The molecule has 20 heavy (non-hydrogen) atoms. The maximum atomic E-state index is 12.4. The van der Waals surface area contributed by atoms with Gasteiger partial charge in [-0.25, -0.2) is 3.63 Å². The van der Waals surface area contributed by atoms with Gasteiger partial charge in [-0.3, -0.25) is 4.79 Å². The van der Waals surface area contributed by atoms with Crippen molar-refractivity contribution in [2.24, 2.45) is 5.41 Å². The Hall–Kier alpha value is -0.280. The van der Waals surface area contributed by atoms with E-state index in [0.717, 1.165) is 0 Å². The minimum Gasteiger partial charge on any atom is -0.298 e. The number of carbonyl (C=O) groups excluding carboxylic acids is 1. The van der Waals surface area contributed by atoms with Crippen LogP contribution in [0.3, 0.4) is 0 Å². The van der Waals surface area contributed by atoms with Crippen LogP contribution in [0.1, 0.15) is 33.6 Å². The molecule has 1 rings (SSSR count). The molecule has 120 valence electrons. The zero-order valence-corrected chi connectivity index (χ0v) is 13.3. The third kappa shape index (κ3) is 4.11. The summed E-state index contributed by atoms with van der Waals surface area (Å²) in [6, 6.07) is 0. The molecule has 1 aliphatic rings. The molecular formula is C11H19F3O4S2. The van der Waals surface area contributed by atoms with Crippen molar-refractivity contribution in [3.05, 3.63) is 0 Å². The molecule has 1 aliphatic heterocycles. The SMILES string of the molecule is CC(C)(C)C(=O)CS1(OS(=O)(=O)C(F)(F)F)CCCC1. The molecule has 0 N–H and O–H groups in total. The number of carbonyl (C=O) groups is 1. The Balaban J connectivity index is 2.98. The number of halogens is 3. The second-order valence-corrected chi connectivity index (χ2v) is 10.8. The van der Waals surface area contributed by atoms with E-state index in [2.05, 4.69) is 3.63 Å². The number of alkyl halides is 3. The van der Waals surface area contributed by atoms with Crippen LogP contribution in [0.5, 0.6) is 0 Å². The van der Waals surface area contributed by atoms with Crippen LogP contribution in [0.2, 0.25) is 0 Å². The summed E-state index contributed by atoms with van der Waals surface area (Å²) < 4.78 is 64.3. The van der Waals surface area contributed by atoms with Crippen LogP contribution in [0, 0.1) is 5.41 Å². The largest absolute Gasteiger partial charge is 0.523 e. The van der Waals surface area contributed by atoms with Gasteiger partial charge in [0.2, 0.25) is 0 Å². The molecule has 0 aromatic heterocycles. The van der Waals surface area contributed by atoms with Crippen molar-refractivity contribution in [1.82, 2.24) is 0 Å². The number of ketones is 1. The van der Waals surface area contributed by atoms with Crippen LogP contribution < -0.4 is 0 Å². The summed E-state index contributed by atoms with van der Waals surface area (Å²) in [5, 5.41) is 0. The van der Waals surface area contributed by atoms with Gasteiger partial charge < -0.3 is 0 Å². The molecule has 0 radical (unpaired) electrons. The lowest BCUT2D eigenvalue weighted by atomic mass is 9.92. The van der Waals surface area contributed by atoms with Gasteiger partial charge in [0.25, 0.3) is 0 Å². The van der Waals surface area contributed by atoms with Crippen molar-refractivity contribution in [3.63, 3.8) is 0 Å². The van der Waals surface area contributed by atoms with E-state index in [9.17, 15) is 26.4 Å². The predicted octanol–water partition coefficient (Wildman–Crippen LogP) is 2.98. The fraction of sp³-hybridized carbons (Fsp3) is 0.909. The maximum Gasteiger partial charge on any atom is 0.523 e. The topological polar surface area (TPSA) is 60.4 Å². The molecule has 1 saturated heterocycles. The molecule has 0 unspecified atom stereocenters. The van der Waals surface area contributed by atoms with E-state index >= 15 is 0 Å². The molecule has 0 atom stereocenters. The number of hydrogen-bond acceptors (Lipinski definition) is 4. The van der Waals surface area contributed by atoms with Crippen LogP contribution >= 0.6 is 10.3 Å². The summed E-state index contributed by atoms with van der Waals surface area (Å²) in [5.74, 6) is -0.0492. The molecular weight excluding hydrogens is 317 g/mol. The molecule has 0 aromatic rings. The van der Waals surface area contributed by atoms with Gasteiger partial charge in [0.05, 0.1) is 5.75 Å². The molecule has 0 aromatic carbocycles. The Bertz CT molecular complexity index is 471. The quantitative estimate of drug-likeness (QED) is 0.741. The van der Waals surface area contributed by atoms with E-state index < -0.39 is 31.4 Å². The van der Waals surface area contributed by atoms with E-state index in [4.69, 9.17) is 0 Å². The fourth-order valence-electron chi connectivity index (χ4n) is 1.75.